The Bertz CT molecular complexity index is 395. The second-order valence-electron chi connectivity index (χ2n) is 4.44. The number of amides is 1. The van der Waals surface area contributed by atoms with Crippen molar-refractivity contribution in [2.24, 2.45) is 0 Å². The molecule has 0 radical (unpaired) electrons. The van der Waals surface area contributed by atoms with Gasteiger partial charge in [0.15, 0.2) is 0 Å². The Morgan fingerprint density at radius 3 is 2.74 bits per heavy atom. The molecule has 0 aliphatic rings. The number of aliphatic hydroxyl groups is 1. The van der Waals surface area contributed by atoms with E-state index in [0.29, 0.717) is 11.4 Å². The molecule has 0 spiro atoms. The lowest BCUT2D eigenvalue weighted by Gasteiger charge is -2.16. The average Bonchev–Trinajstić information content (AvgIpc) is 2.43. The number of anilines is 1. The Hall–Kier alpha value is -1.27. The third-order valence-electron chi connectivity index (χ3n) is 2.66. The molecule has 0 saturated heterocycles. The van der Waals surface area contributed by atoms with Crippen molar-refractivity contribution in [3.8, 4) is 0 Å². The van der Waals surface area contributed by atoms with Crippen LogP contribution in [0.15, 0.2) is 18.3 Å². The van der Waals surface area contributed by atoms with Crippen LogP contribution in [0, 0.1) is 0 Å². The number of rotatable bonds is 7. The van der Waals surface area contributed by atoms with Crippen LogP contribution in [0.25, 0.3) is 0 Å². The summed E-state index contributed by atoms with van der Waals surface area (Å²) in [6.07, 6.45) is 4.46. The van der Waals surface area contributed by atoms with E-state index in [9.17, 15) is 9.90 Å². The minimum absolute atomic E-state index is 0.00431. The SMILES string of the molecule is CSCC[C@@H](CO)Nc1ccc(C(=O)N(C)C)cn1. The maximum atomic E-state index is 11.7. The van der Waals surface area contributed by atoms with Crippen molar-refractivity contribution in [3.05, 3.63) is 23.9 Å². The van der Waals surface area contributed by atoms with Crippen LogP contribution in [0.2, 0.25) is 0 Å². The molecule has 2 N–H and O–H groups in total. The number of pyridine rings is 1. The molecule has 0 unspecified atom stereocenters. The normalized spacial score (nSPS) is 12.0. The summed E-state index contributed by atoms with van der Waals surface area (Å²) < 4.78 is 0. The lowest BCUT2D eigenvalue weighted by molar-refractivity contribution is 0.0827. The van der Waals surface area contributed by atoms with Gasteiger partial charge in [0.25, 0.3) is 5.91 Å². The zero-order chi connectivity index (χ0) is 14.3. The summed E-state index contributed by atoms with van der Waals surface area (Å²) in [5, 5.41) is 12.4. The fourth-order valence-electron chi connectivity index (χ4n) is 1.54. The van der Waals surface area contributed by atoms with Gasteiger partial charge in [-0.1, -0.05) is 0 Å². The van der Waals surface area contributed by atoms with E-state index < -0.39 is 0 Å². The standard InChI is InChI=1S/C13H21N3O2S/c1-16(2)13(18)10-4-5-12(14-8-10)15-11(9-17)6-7-19-3/h4-5,8,11,17H,6-7,9H2,1-3H3,(H,14,15)/t11-/m0/s1. The van der Waals surface area contributed by atoms with E-state index in [2.05, 4.69) is 10.3 Å². The largest absolute Gasteiger partial charge is 0.394 e. The smallest absolute Gasteiger partial charge is 0.254 e. The van der Waals surface area contributed by atoms with E-state index in [1.807, 2.05) is 6.26 Å². The molecule has 0 fully saturated rings. The van der Waals surface area contributed by atoms with Gasteiger partial charge in [0.1, 0.15) is 5.82 Å². The summed E-state index contributed by atoms with van der Waals surface area (Å²) in [6.45, 7) is 0.0701. The predicted octanol–water partition coefficient (Wildman–Crippen LogP) is 1.31. The second kappa shape index (κ2) is 8.01. The monoisotopic (exact) mass is 283 g/mol. The third-order valence-corrected chi connectivity index (χ3v) is 3.30. The van der Waals surface area contributed by atoms with Gasteiger partial charge in [-0.05, 0) is 30.6 Å². The lowest BCUT2D eigenvalue weighted by atomic mass is 10.2. The molecule has 19 heavy (non-hydrogen) atoms. The number of carbonyl (C=O) groups is 1. The summed E-state index contributed by atoms with van der Waals surface area (Å²) in [5.74, 6) is 1.59. The second-order valence-corrected chi connectivity index (χ2v) is 5.42. The fraction of sp³-hybridized carbons (Fsp3) is 0.538. The van der Waals surface area contributed by atoms with Crippen molar-refractivity contribution >= 4 is 23.5 Å². The van der Waals surface area contributed by atoms with Crippen LogP contribution in [-0.4, -0.2) is 59.7 Å². The van der Waals surface area contributed by atoms with Crippen molar-refractivity contribution in [3.63, 3.8) is 0 Å². The molecule has 1 heterocycles. The van der Waals surface area contributed by atoms with E-state index in [1.165, 1.54) is 4.90 Å². The van der Waals surface area contributed by atoms with Crippen LogP contribution < -0.4 is 5.32 Å². The number of nitrogens with zero attached hydrogens (tertiary/aromatic N) is 2. The van der Waals surface area contributed by atoms with Crippen molar-refractivity contribution in [1.82, 2.24) is 9.88 Å². The summed E-state index contributed by atoms with van der Waals surface area (Å²) in [7, 11) is 3.41. The molecule has 106 valence electrons. The maximum Gasteiger partial charge on any atom is 0.254 e. The van der Waals surface area contributed by atoms with Gasteiger partial charge in [-0.15, -0.1) is 0 Å². The highest BCUT2D eigenvalue weighted by atomic mass is 32.2. The molecule has 1 amide bonds. The molecule has 1 rings (SSSR count). The van der Waals surface area contributed by atoms with Gasteiger partial charge in [-0.2, -0.15) is 11.8 Å². The zero-order valence-electron chi connectivity index (χ0n) is 11.6. The molecular weight excluding hydrogens is 262 g/mol. The number of thioether (sulfide) groups is 1. The van der Waals surface area contributed by atoms with Gasteiger partial charge < -0.3 is 15.3 Å². The summed E-state index contributed by atoms with van der Waals surface area (Å²) in [6, 6.07) is 3.49. The van der Waals surface area contributed by atoms with Gasteiger partial charge in [0, 0.05) is 20.3 Å². The zero-order valence-corrected chi connectivity index (χ0v) is 12.4. The number of aromatic nitrogens is 1. The predicted molar refractivity (Wildman–Crippen MR) is 79.8 cm³/mol. The summed E-state index contributed by atoms with van der Waals surface area (Å²) >= 11 is 1.74. The molecule has 6 heteroatoms. The minimum atomic E-state index is -0.0693. The highest BCUT2D eigenvalue weighted by Crippen LogP contribution is 2.10. The van der Waals surface area contributed by atoms with Crippen molar-refractivity contribution in [2.45, 2.75) is 12.5 Å². The van der Waals surface area contributed by atoms with E-state index in [1.54, 1.807) is 44.2 Å². The topological polar surface area (TPSA) is 65.5 Å². The number of hydrogen-bond acceptors (Lipinski definition) is 5. The Morgan fingerprint density at radius 2 is 2.26 bits per heavy atom. The number of aliphatic hydroxyl groups excluding tert-OH is 1. The molecule has 1 atom stereocenters. The van der Waals surface area contributed by atoms with E-state index in [4.69, 9.17) is 0 Å². The molecule has 0 aliphatic heterocycles. The first-order chi connectivity index (χ1) is 9.08. The number of carbonyl (C=O) groups excluding carboxylic acids is 1. The molecule has 0 saturated carbocycles. The van der Waals surface area contributed by atoms with Crippen molar-refractivity contribution in [2.75, 3.05) is 38.0 Å². The average molecular weight is 283 g/mol. The van der Waals surface area contributed by atoms with Crippen molar-refractivity contribution < 1.29 is 9.90 Å². The van der Waals surface area contributed by atoms with Gasteiger partial charge >= 0.3 is 0 Å². The van der Waals surface area contributed by atoms with Gasteiger partial charge in [-0.25, -0.2) is 4.98 Å². The highest BCUT2D eigenvalue weighted by Gasteiger charge is 2.10. The first-order valence-electron chi connectivity index (χ1n) is 6.12. The molecule has 0 aromatic carbocycles. The molecule has 5 nitrogen and oxygen atoms in total. The van der Waals surface area contributed by atoms with Crippen molar-refractivity contribution in [1.29, 1.82) is 0 Å². The Kier molecular flexibility index (Phi) is 6.66. The van der Waals surface area contributed by atoms with Gasteiger partial charge in [-0.3, -0.25) is 4.79 Å². The summed E-state index contributed by atoms with van der Waals surface area (Å²) in [4.78, 5) is 17.4. The van der Waals surface area contributed by atoms with Crippen LogP contribution in [0.5, 0.6) is 0 Å². The highest BCUT2D eigenvalue weighted by molar-refractivity contribution is 7.98. The molecule has 0 aliphatic carbocycles. The van der Waals surface area contributed by atoms with Crippen LogP contribution in [0.1, 0.15) is 16.8 Å². The quantitative estimate of drug-likeness (QED) is 0.790. The number of nitrogens with one attached hydrogen (secondary N) is 1. The molecule has 0 bridgehead atoms. The van der Waals surface area contributed by atoms with Gasteiger partial charge in [0.2, 0.25) is 0 Å². The van der Waals surface area contributed by atoms with E-state index in [0.717, 1.165) is 12.2 Å². The molecular formula is C13H21N3O2S. The summed E-state index contributed by atoms with van der Waals surface area (Å²) in [5.41, 5.74) is 0.556. The van der Waals surface area contributed by atoms with Crippen LogP contribution in [0.3, 0.4) is 0 Å². The Balaban J connectivity index is 2.63. The fourth-order valence-corrected chi connectivity index (χ4v) is 2.06. The van der Waals surface area contributed by atoms with Crippen LogP contribution in [0.4, 0.5) is 5.82 Å². The minimum Gasteiger partial charge on any atom is -0.394 e. The Labute approximate surface area is 118 Å². The lowest BCUT2D eigenvalue weighted by Crippen LogP contribution is -2.25. The first-order valence-corrected chi connectivity index (χ1v) is 7.52. The maximum absolute atomic E-state index is 11.7. The van der Waals surface area contributed by atoms with Crippen LogP contribution in [-0.2, 0) is 0 Å². The van der Waals surface area contributed by atoms with Crippen LogP contribution >= 0.6 is 11.8 Å². The van der Waals surface area contributed by atoms with E-state index in [-0.39, 0.29) is 18.6 Å². The number of hydrogen-bond donors (Lipinski definition) is 2. The van der Waals surface area contributed by atoms with E-state index >= 15 is 0 Å². The molecule has 1 aromatic rings. The first kappa shape index (κ1) is 15.8. The third kappa shape index (κ3) is 5.08. The van der Waals surface area contributed by atoms with Gasteiger partial charge in [0.05, 0.1) is 18.2 Å². The molecule has 1 aromatic heterocycles. The Morgan fingerprint density at radius 1 is 1.53 bits per heavy atom.